The molecule has 30 nitrogen and oxygen atoms in total. The van der Waals surface area contributed by atoms with E-state index in [1.54, 1.807) is 127 Å². The van der Waals surface area contributed by atoms with E-state index >= 15 is 24.0 Å². The first kappa shape index (κ1) is 103. The Hall–Kier alpha value is -8.54. The summed E-state index contributed by atoms with van der Waals surface area (Å²) in [5.41, 5.74) is 0.385. The van der Waals surface area contributed by atoms with Crippen molar-refractivity contribution in [2.24, 2.45) is 47.3 Å². The summed E-state index contributed by atoms with van der Waals surface area (Å²) in [4.78, 5) is 208. The van der Waals surface area contributed by atoms with Crippen LogP contribution in [-0.2, 0) is 78.3 Å². The maximum absolute atomic E-state index is 15.5. The number of ether oxygens (including phenoxy) is 1. The topological polar surface area (TPSA) is 419 Å². The molecule has 0 spiro atoms. The van der Waals surface area contributed by atoms with Crippen LogP contribution in [-0.4, -0.2) is 209 Å². The minimum atomic E-state index is -1.82. The summed E-state index contributed by atoms with van der Waals surface area (Å²) in [6.45, 7) is 38.6. The highest BCUT2D eigenvalue weighted by molar-refractivity contribution is 6.03. The predicted octanol–water partition coefficient (Wildman–Crippen LogP) is 6.34. The first-order valence-corrected chi connectivity index (χ1v) is 43.4. The van der Waals surface area contributed by atoms with Crippen LogP contribution in [0.5, 0.6) is 0 Å². The molecular weight excluding hydrogens is 1500 g/mol. The molecular formula is C87H148N14O16. The van der Waals surface area contributed by atoms with Gasteiger partial charge in [0.15, 0.2) is 0 Å². The monoisotopic (exact) mass is 1650 g/mol. The molecule has 662 valence electrons. The Morgan fingerprint density at radius 1 is 0.556 bits per heavy atom. The van der Waals surface area contributed by atoms with Gasteiger partial charge >= 0.3 is 5.97 Å². The second-order valence-corrected chi connectivity index (χ2v) is 34.4. The van der Waals surface area contributed by atoms with Gasteiger partial charge in [-0.1, -0.05) is 219 Å². The van der Waals surface area contributed by atoms with Crippen molar-refractivity contribution in [3.05, 3.63) is 47.7 Å². The van der Waals surface area contributed by atoms with Crippen molar-refractivity contribution < 1.29 is 77.0 Å². The van der Waals surface area contributed by atoms with E-state index in [4.69, 9.17) is 4.74 Å². The average Bonchev–Trinajstić information content (AvgIpc) is 1.73. The zero-order valence-electron chi connectivity index (χ0n) is 74.2. The van der Waals surface area contributed by atoms with E-state index in [1.807, 2.05) is 13.8 Å². The Morgan fingerprint density at radius 3 is 1.62 bits per heavy atom. The zero-order valence-corrected chi connectivity index (χ0v) is 74.2. The molecule has 2 aliphatic rings. The highest BCUT2D eigenvalue weighted by Crippen LogP contribution is 2.24. The van der Waals surface area contributed by atoms with Crippen molar-refractivity contribution >= 4 is 82.8 Å². The quantitative estimate of drug-likeness (QED) is 0.0192. The first-order chi connectivity index (χ1) is 55.2. The smallest absolute Gasteiger partial charge is 0.329 e. The maximum atomic E-state index is 15.5. The van der Waals surface area contributed by atoms with E-state index in [2.05, 4.69) is 82.5 Å². The highest BCUT2D eigenvalue weighted by atomic mass is 16.5. The van der Waals surface area contributed by atoms with E-state index in [0.717, 1.165) is 70.9 Å². The second kappa shape index (κ2) is 52.4. The molecule has 0 radical (unpaired) electrons. The lowest BCUT2D eigenvalue weighted by molar-refractivity contribution is -0.157. The number of rotatable bonds is 44. The number of hydrogen-bond acceptors (Lipinski definition) is 17. The summed E-state index contributed by atoms with van der Waals surface area (Å²) in [5.74, 6) is -14.8. The third kappa shape index (κ3) is 34.0. The number of benzene rings is 1. The van der Waals surface area contributed by atoms with Crippen molar-refractivity contribution in [2.75, 3.05) is 26.2 Å². The number of aliphatic hydroxyl groups excluding tert-OH is 1. The summed E-state index contributed by atoms with van der Waals surface area (Å²) in [7, 11) is 0. The molecule has 0 saturated carbocycles. The summed E-state index contributed by atoms with van der Waals surface area (Å²) in [5, 5.41) is 44.1. The van der Waals surface area contributed by atoms with Gasteiger partial charge in [-0.3, -0.25) is 62.3 Å². The van der Waals surface area contributed by atoms with Crippen molar-refractivity contribution in [3.63, 3.8) is 0 Å². The molecule has 2 heterocycles. The molecule has 0 aromatic heterocycles. The number of hydrogen-bond donors (Lipinski definition) is 13. The first-order valence-electron chi connectivity index (χ1n) is 43.4. The van der Waals surface area contributed by atoms with E-state index in [1.165, 1.54) is 31.7 Å². The van der Waals surface area contributed by atoms with Crippen LogP contribution in [0.3, 0.4) is 0 Å². The fraction of sp³-hybridized carbons (Fsp3) is 0.747. The van der Waals surface area contributed by atoms with Crippen molar-refractivity contribution in [3.8, 4) is 0 Å². The Kier molecular flexibility index (Phi) is 46.0. The van der Waals surface area contributed by atoms with Crippen molar-refractivity contribution in [1.82, 2.24) is 73.6 Å². The van der Waals surface area contributed by atoms with Crippen molar-refractivity contribution in [1.29, 1.82) is 0 Å². The Morgan fingerprint density at radius 2 is 1.09 bits per heavy atom. The van der Waals surface area contributed by atoms with Gasteiger partial charge in [0, 0.05) is 19.4 Å². The number of carbonyl (C=O) groups excluding carboxylic acids is 14. The molecule has 30 heteroatoms. The van der Waals surface area contributed by atoms with Gasteiger partial charge < -0.3 is 83.4 Å². The van der Waals surface area contributed by atoms with Crippen LogP contribution in [0.15, 0.2) is 42.1 Å². The SMILES string of the molecule is C/C=C1\NC(=O)[C@H](Cc2ccccc2)NC(=O)[C@@H](C(C)C)NC(=O)[C@@H]([C@@H](C)CC)NC(=O)[C@H](NC(=O)[C@H](NC(=O)[C@H](CCCN(CCCCCC)CCCCCC)NC(=O)[C@H]2CCCN2C(=O)[C@@H](NC(=O)[C@H](NC(=O)[C@H](NC(=O)[C@@H](NC(=O)CCCC(C)C)C(C)C)[C@H](C)O)C(C)C)C(C)C)[C@@H](C)CC)[C@@H](C)OC(=O)[C@H](C(C)C)NC1=O. The Bertz CT molecular complexity index is 3390. The Balaban J connectivity index is 2.15. The van der Waals surface area contributed by atoms with Gasteiger partial charge in [-0.05, 0) is 138 Å². The van der Waals surface area contributed by atoms with Crippen LogP contribution < -0.4 is 63.8 Å². The molecule has 13 N–H and O–H groups in total. The molecule has 1 aromatic carbocycles. The van der Waals surface area contributed by atoms with Gasteiger partial charge in [0.1, 0.15) is 84.3 Å². The number of aliphatic hydroxyl groups is 1. The molecule has 3 rings (SSSR count). The van der Waals surface area contributed by atoms with Crippen LogP contribution in [0, 0.1) is 47.3 Å². The number of nitrogens with zero attached hydrogens (tertiary/aromatic N) is 2. The largest absolute Gasteiger partial charge is 0.458 e. The van der Waals surface area contributed by atoms with Gasteiger partial charge in [0.25, 0.3) is 5.91 Å². The van der Waals surface area contributed by atoms with E-state index in [0.29, 0.717) is 43.7 Å². The standard InChI is InChI=1S/C87H148N14O16/c1-22-27-29-34-45-100(46-35-30-28-23-2)47-37-42-62(89-78(107)64-43-38-48-101(64)86(115)69(54(14)15)94-81(110)68(53(12)13)93-84(113)73(58(20)102)98-80(109)66(51(8)9)91-65(103)44-36-39-50(6)7)76(105)96-71(56(18)24-3)83(112)99-74-59(21)117-87(116)70(55(16)17)95-75(104)61(26-5)88-77(106)63(49-60-40-32-31-33-41-60)90-79(108)67(52(10)11)92-82(111)72(57(19)25-4)97-85(74)114/h26,31-33,40-41,50-59,62-64,66-74,102H,22-25,27-30,34-39,42-49H2,1-21H3,(H,88,106)(H,89,107)(H,90,108)(H,91,103)(H,92,111)(H,93,113)(H,94,110)(H,95,104)(H,96,105)(H,97,114)(H,98,109)(H,99,112)/b61-26-/t56-,57-,58-,59+,62-,63-,64+,66-,67+,68+,69-,70-,71+,72+,73+,74+/m0/s1. The molecule has 0 unspecified atom stereocenters. The van der Waals surface area contributed by atoms with Crippen LogP contribution in [0.2, 0.25) is 0 Å². The van der Waals surface area contributed by atoms with Crippen LogP contribution in [0.25, 0.3) is 0 Å². The molecule has 2 saturated heterocycles. The fourth-order valence-electron chi connectivity index (χ4n) is 14.2. The second-order valence-electron chi connectivity index (χ2n) is 34.4. The number of carbonyl (C=O) groups is 14. The molecule has 1 aromatic rings. The summed E-state index contributed by atoms with van der Waals surface area (Å²) in [6.07, 6.45) is 9.65. The number of cyclic esters (lactones) is 1. The number of amides is 13. The minimum Gasteiger partial charge on any atom is -0.458 e. The molecule has 13 amide bonds. The third-order valence-electron chi connectivity index (χ3n) is 22.2. The average molecular weight is 1650 g/mol. The molecule has 16 atom stereocenters. The van der Waals surface area contributed by atoms with Crippen LogP contribution in [0.1, 0.15) is 260 Å². The summed E-state index contributed by atoms with van der Waals surface area (Å²) >= 11 is 0. The number of unbranched alkanes of at least 4 members (excludes halogenated alkanes) is 6. The van der Waals surface area contributed by atoms with Gasteiger partial charge in [0.05, 0.1) is 6.10 Å². The lowest BCUT2D eigenvalue weighted by Crippen LogP contribution is -2.64. The lowest BCUT2D eigenvalue weighted by Gasteiger charge is -2.34. The van der Waals surface area contributed by atoms with Gasteiger partial charge in [-0.2, -0.15) is 0 Å². The number of allylic oxidation sites excluding steroid dienone is 1. The Labute approximate surface area is 697 Å². The van der Waals surface area contributed by atoms with Crippen molar-refractivity contribution in [2.45, 2.75) is 346 Å². The number of likely N-dealkylation sites (tertiary alicyclic amines) is 1. The van der Waals surface area contributed by atoms with E-state index in [-0.39, 0.29) is 50.3 Å². The van der Waals surface area contributed by atoms with Gasteiger partial charge in [-0.25, -0.2) is 4.79 Å². The highest BCUT2D eigenvalue weighted by Gasteiger charge is 2.45. The molecule has 0 bridgehead atoms. The van der Waals surface area contributed by atoms with Crippen LogP contribution in [0.4, 0.5) is 0 Å². The number of esters is 1. The minimum absolute atomic E-state index is 0.0323. The lowest BCUT2D eigenvalue weighted by atomic mass is 9.95. The summed E-state index contributed by atoms with van der Waals surface area (Å²) in [6, 6.07) is -7.55. The maximum Gasteiger partial charge on any atom is 0.329 e. The molecule has 117 heavy (non-hydrogen) atoms. The predicted molar refractivity (Wildman–Crippen MR) is 451 cm³/mol. The molecule has 2 aliphatic heterocycles. The summed E-state index contributed by atoms with van der Waals surface area (Å²) < 4.78 is 6.06. The van der Waals surface area contributed by atoms with Gasteiger partial charge in [0.2, 0.25) is 70.9 Å². The number of nitrogens with one attached hydrogen (secondary N) is 12. The normalized spacial score (nSPS) is 21.5. The van der Waals surface area contributed by atoms with E-state index < -0.39 is 203 Å². The van der Waals surface area contributed by atoms with E-state index in [9.17, 15) is 48.3 Å². The van der Waals surface area contributed by atoms with Crippen LogP contribution >= 0.6 is 0 Å². The fourth-order valence-corrected chi connectivity index (χ4v) is 14.2. The molecule has 2 fully saturated rings. The molecule has 0 aliphatic carbocycles. The zero-order chi connectivity index (χ0) is 88.1. The third-order valence-corrected chi connectivity index (χ3v) is 22.2. The van der Waals surface area contributed by atoms with Gasteiger partial charge in [-0.15, -0.1) is 0 Å².